The molecule has 0 bridgehead atoms. The molecule has 3 N–H and O–H groups in total. The Balaban J connectivity index is 1.81. The Morgan fingerprint density at radius 2 is 1.75 bits per heavy atom. The molecule has 4 rings (SSSR count). The van der Waals surface area contributed by atoms with Gasteiger partial charge in [0.1, 0.15) is 24.7 Å². The third kappa shape index (κ3) is 5.84. The van der Waals surface area contributed by atoms with E-state index in [1.165, 1.54) is 36.5 Å². The molecule has 0 aliphatic rings. The van der Waals surface area contributed by atoms with Gasteiger partial charge in [-0.1, -0.05) is 0 Å². The number of pyridine rings is 1. The first-order valence-corrected chi connectivity index (χ1v) is 10.7. The van der Waals surface area contributed by atoms with Crippen LogP contribution in [0.5, 0.6) is 11.9 Å². The molecule has 0 aliphatic heterocycles. The molecule has 3 aromatic heterocycles. The van der Waals surface area contributed by atoms with E-state index < -0.39 is 17.9 Å². The molecule has 0 spiro atoms. The molecule has 1 aromatic carbocycles. The molecule has 0 saturated heterocycles. The second-order valence-corrected chi connectivity index (χ2v) is 7.53. The molecule has 4 aromatic rings. The van der Waals surface area contributed by atoms with Gasteiger partial charge in [-0.2, -0.15) is 9.97 Å². The zero-order valence-electron chi connectivity index (χ0n) is 19.0. The van der Waals surface area contributed by atoms with Crippen LogP contribution in [0.3, 0.4) is 0 Å². The second kappa shape index (κ2) is 11.0. The number of rotatable bonds is 9. The van der Waals surface area contributed by atoms with Gasteiger partial charge in [-0.05, 0) is 55.0 Å². The monoisotopic (exact) mass is 498 g/mol. The average molecular weight is 498 g/mol. The lowest BCUT2D eigenvalue weighted by Crippen LogP contribution is -2.09. The number of benzene rings is 1. The van der Waals surface area contributed by atoms with E-state index in [1.54, 1.807) is 19.1 Å². The van der Waals surface area contributed by atoms with E-state index in [1.807, 2.05) is 0 Å². The summed E-state index contributed by atoms with van der Waals surface area (Å²) in [7, 11) is 0. The number of nitrogens with two attached hydrogens (primary N) is 1. The van der Waals surface area contributed by atoms with E-state index in [0.29, 0.717) is 22.5 Å². The van der Waals surface area contributed by atoms with Gasteiger partial charge >= 0.3 is 6.01 Å². The molecule has 3 heterocycles. The first-order valence-electron chi connectivity index (χ1n) is 10.7. The number of aliphatic hydroxyl groups excluding tert-OH is 1. The quantitative estimate of drug-likeness (QED) is 0.353. The van der Waals surface area contributed by atoms with Gasteiger partial charge < -0.3 is 20.3 Å². The van der Waals surface area contributed by atoms with E-state index in [2.05, 4.69) is 24.9 Å². The van der Waals surface area contributed by atoms with Crippen LogP contribution in [0.4, 0.5) is 19.1 Å². The number of hydrogen-bond acceptors (Lipinski definition) is 9. The standard InChI is InChI=1S/C24H21F3N6O3/c1-13-10-15(11-18(30-13)21(26)27)19-20(14-2-4-16(25)5-3-14)32-23(28)33-22(19)36-12-17-6-7-29-24(31-17)35-9-8-34/h2-7,10-11,21,34H,8-9,12H2,1H3,(H2,28,32,33). The Hall–Kier alpha value is -4.32. The normalized spacial score (nSPS) is 11.1. The summed E-state index contributed by atoms with van der Waals surface area (Å²) in [6.45, 7) is 1.30. The van der Waals surface area contributed by atoms with Crippen molar-refractivity contribution in [2.24, 2.45) is 0 Å². The minimum atomic E-state index is -2.81. The molecule has 36 heavy (non-hydrogen) atoms. The van der Waals surface area contributed by atoms with Crippen LogP contribution in [0.1, 0.15) is 23.5 Å². The van der Waals surface area contributed by atoms with Gasteiger partial charge in [-0.3, -0.25) is 4.98 Å². The molecular weight excluding hydrogens is 477 g/mol. The van der Waals surface area contributed by atoms with Gasteiger partial charge in [-0.15, -0.1) is 0 Å². The predicted molar refractivity (Wildman–Crippen MR) is 124 cm³/mol. The summed E-state index contributed by atoms with van der Waals surface area (Å²) in [6.07, 6.45) is -1.35. The zero-order chi connectivity index (χ0) is 25.7. The largest absolute Gasteiger partial charge is 0.471 e. The summed E-state index contributed by atoms with van der Waals surface area (Å²) in [5, 5.41) is 8.92. The highest BCUT2D eigenvalue weighted by molar-refractivity contribution is 5.85. The van der Waals surface area contributed by atoms with Crippen molar-refractivity contribution in [3.8, 4) is 34.3 Å². The maximum atomic E-state index is 13.6. The summed E-state index contributed by atoms with van der Waals surface area (Å²) in [4.78, 5) is 20.5. The molecule has 12 heteroatoms. The van der Waals surface area contributed by atoms with Crippen LogP contribution >= 0.6 is 0 Å². The van der Waals surface area contributed by atoms with Crippen molar-refractivity contribution >= 4 is 5.95 Å². The molecule has 0 radical (unpaired) electrons. The molecule has 0 unspecified atom stereocenters. The molecule has 0 amide bonds. The van der Waals surface area contributed by atoms with Gasteiger partial charge in [0.25, 0.3) is 6.43 Å². The van der Waals surface area contributed by atoms with E-state index >= 15 is 0 Å². The highest BCUT2D eigenvalue weighted by Crippen LogP contribution is 2.39. The van der Waals surface area contributed by atoms with Crippen molar-refractivity contribution in [3.05, 3.63) is 71.6 Å². The summed E-state index contributed by atoms with van der Waals surface area (Å²) >= 11 is 0. The number of aliphatic hydroxyl groups is 1. The Labute approximate surface area is 203 Å². The third-order valence-corrected chi connectivity index (χ3v) is 4.87. The molecule has 0 aliphatic carbocycles. The Morgan fingerprint density at radius 3 is 2.47 bits per heavy atom. The molecule has 0 atom stereocenters. The lowest BCUT2D eigenvalue weighted by Gasteiger charge is -2.16. The maximum absolute atomic E-state index is 13.6. The zero-order valence-corrected chi connectivity index (χ0v) is 19.0. The number of hydrogen-bond donors (Lipinski definition) is 2. The van der Waals surface area contributed by atoms with E-state index in [4.69, 9.17) is 20.3 Å². The topological polar surface area (TPSA) is 129 Å². The first kappa shape index (κ1) is 24.8. The number of nitrogen functional groups attached to an aromatic ring is 1. The van der Waals surface area contributed by atoms with Crippen molar-refractivity contribution in [1.29, 1.82) is 0 Å². The van der Waals surface area contributed by atoms with Crippen LogP contribution in [0.15, 0.2) is 48.7 Å². The number of nitrogens with zero attached hydrogens (tertiary/aromatic N) is 5. The SMILES string of the molecule is Cc1cc(-c2c(OCc3ccnc(OCCO)n3)nc(N)nc2-c2ccc(F)cc2)cc(C(F)F)n1. The van der Waals surface area contributed by atoms with Crippen LogP contribution in [0.25, 0.3) is 22.4 Å². The van der Waals surface area contributed by atoms with E-state index in [-0.39, 0.29) is 48.9 Å². The Bertz CT molecular complexity index is 1360. The van der Waals surface area contributed by atoms with Crippen molar-refractivity contribution in [2.45, 2.75) is 20.0 Å². The lowest BCUT2D eigenvalue weighted by atomic mass is 9.99. The van der Waals surface area contributed by atoms with Gasteiger partial charge in [0, 0.05) is 17.5 Å². The van der Waals surface area contributed by atoms with E-state index in [9.17, 15) is 13.2 Å². The number of anilines is 1. The highest BCUT2D eigenvalue weighted by atomic mass is 19.3. The molecule has 186 valence electrons. The molecular formula is C24H21F3N6O3. The van der Waals surface area contributed by atoms with Gasteiger partial charge in [-0.25, -0.2) is 23.1 Å². The summed E-state index contributed by atoms with van der Waals surface area (Å²) in [6, 6.07) is 9.91. The number of aryl methyl sites for hydroxylation is 1. The van der Waals surface area contributed by atoms with Gasteiger partial charge in [0.2, 0.25) is 11.8 Å². The highest BCUT2D eigenvalue weighted by Gasteiger charge is 2.22. The Morgan fingerprint density at radius 1 is 0.972 bits per heavy atom. The summed E-state index contributed by atoms with van der Waals surface area (Å²) < 4.78 is 51.8. The number of ether oxygens (including phenoxy) is 2. The fourth-order valence-electron chi connectivity index (χ4n) is 3.39. The lowest BCUT2D eigenvalue weighted by molar-refractivity contribution is 0.146. The smallest absolute Gasteiger partial charge is 0.316 e. The first-order chi connectivity index (χ1) is 17.3. The van der Waals surface area contributed by atoms with Crippen LogP contribution < -0.4 is 15.2 Å². The maximum Gasteiger partial charge on any atom is 0.316 e. The molecule has 0 fully saturated rings. The molecule has 0 saturated carbocycles. The third-order valence-electron chi connectivity index (χ3n) is 4.87. The fraction of sp³-hybridized carbons (Fsp3) is 0.208. The van der Waals surface area contributed by atoms with E-state index in [0.717, 1.165) is 0 Å². The minimum absolute atomic E-state index is 0.00378. The predicted octanol–water partition coefficient (Wildman–Crippen LogP) is 3.91. The van der Waals surface area contributed by atoms with Gasteiger partial charge in [0.05, 0.1) is 23.6 Å². The van der Waals surface area contributed by atoms with Crippen LogP contribution in [-0.4, -0.2) is 43.2 Å². The number of alkyl halides is 2. The average Bonchev–Trinajstić information content (AvgIpc) is 2.86. The van der Waals surface area contributed by atoms with Crippen LogP contribution in [0.2, 0.25) is 0 Å². The summed E-state index contributed by atoms with van der Waals surface area (Å²) in [5.74, 6) is -0.590. The number of aromatic nitrogens is 5. The van der Waals surface area contributed by atoms with Crippen molar-refractivity contribution in [2.75, 3.05) is 18.9 Å². The number of halogens is 3. The van der Waals surface area contributed by atoms with Crippen LogP contribution in [-0.2, 0) is 6.61 Å². The molecule has 9 nitrogen and oxygen atoms in total. The minimum Gasteiger partial charge on any atom is -0.471 e. The van der Waals surface area contributed by atoms with Crippen molar-refractivity contribution < 1.29 is 27.8 Å². The van der Waals surface area contributed by atoms with Gasteiger partial charge in [0.15, 0.2) is 0 Å². The summed E-state index contributed by atoms with van der Waals surface area (Å²) in [5.41, 5.74) is 7.61. The second-order valence-electron chi connectivity index (χ2n) is 7.53. The fourth-order valence-corrected chi connectivity index (χ4v) is 3.39. The Kier molecular flexibility index (Phi) is 7.54. The van der Waals surface area contributed by atoms with Crippen molar-refractivity contribution in [1.82, 2.24) is 24.9 Å². The van der Waals surface area contributed by atoms with Crippen LogP contribution in [0, 0.1) is 12.7 Å². The van der Waals surface area contributed by atoms with Crippen molar-refractivity contribution in [3.63, 3.8) is 0 Å².